The molecule has 0 bridgehead atoms. The number of benzene rings is 1. The highest BCUT2D eigenvalue weighted by atomic mass is 16.6. The van der Waals surface area contributed by atoms with Crippen LogP contribution in [0.4, 0.5) is 4.79 Å². The summed E-state index contributed by atoms with van der Waals surface area (Å²) in [4.78, 5) is 41.5. The summed E-state index contributed by atoms with van der Waals surface area (Å²) in [5, 5.41) is 5.74. The molecule has 0 aliphatic carbocycles. The lowest BCUT2D eigenvalue weighted by Crippen LogP contribution is -2.55. The van der Waals surface area contributed by atoms with E-state index >= 15 is 0 Å². The average Bonchev–Trinajstić information content (AvgIpc) is 2.75. The molecule has 0 saturated heterocycles. The van der Waals surface area contributed by atoms with Crippen molar-refractivity contribution >= 4 is 17.9 Å². The first kappa shape index (κ1) is 30.2. The zero-order chi connectivity index (χ0) is 26.8. The van der Waals surface area contributed by atoms with Crippen molar-refractivity contribution in [2.24, 2.45) is 5.92 Å². The van der Waals surface area contributed by atoms with E-state index in [9.17, 15) is 14.4 Å². The predicted molar refractivity (Wildman–Crippen MR) is 141 cm³/mol. The van der Waals surface area contributed by atoms with Crippen molar-refractivity contribution in [3.8, 4) is 0 Å². The molecule has 1 rings (SSSR count). The van der Waals surface area contributed by atoms with E-state index in [-0.39, 0.29) is 24.3 Å². The third-order valence-corrected chi connectivity index (χ3v) is 5.58. The van der Waals surface area contributed by atoms with Crippen LogP contribution in [-0.4, -0.2) is 47.5 Å². The van der Waals surface area contributed by atoms with Gasteiger partial charge in [-0.25, -0.2) is 4.79 Å². The van der Waals surface area contributed by atoms with Crippen molar-refractivity contribution in [3.05, 3.63) is 47.5 Å². The number of hydrogen-bond acceptors (Lipinski definition) is 4. The summed E-state index contributed by atoms with van der Waals surface area (Å²) in [6.07, 6.45) is 3.86. The number of carbonyl (C=O) groups is 3. The van der Waals surface area contributed by atoms with Crippen LogP contribution in [0.15, 0.2) is 30.9 Å². The highest BCUT2D eigenvalue weighted by Crippen LogP contribution is 2.27. The lowest BCUT2D eigenvalue weighted by Gasteiger charge is -2.35. The maximum absolute atomic E-state index is 13.9. The maximum Gasteiger partial charge on any atom is 0.408 e. The summed E-state index contributed by atoms with van der Waals surface area (Å²) < 4.78 is 5.39. The molecule has 0 aliphatic heterocycles. The summed E-state index contributed by atoms with van der Waals surface area (Å²) in [5.41, 5.74) is 1.96. The SMILES string of the molecule is C=CCN(C(=O)C(NC(=O)OC(C)(C)C)C(C)C)C(C(=O)NCCCCC)c1cc(C)ccc1C. The van der Waals surface area contributed by atoms with Gasteiger partial charge in [-0.15, -0.1) is 6.58 Å². The maximum atomic E-state index is 13.9. The van der Waals surface area contributed by atoms with E-state index in [1.807, 2.05) is 45.9 Å². The molecule has 0 fully saturated rings. The van der Waals surface area contributed by atoms with Crippen LogP contribution < -0.4 is 10.6 Å². The number of amides is 3. The summed E-state index contributed by atoms with van der Waals surface area (Å²) in [7, 11) is 0. The molecule has 0 aliphatic rings. The predicted octanol–water partition coefficient (Wildman–Crippen LogP) is 5.21. The Bertz CT molecular complexity index is 873. The van der Waals surface area contributed by atoms with Crippen LogP contribution in [0.25, 0.3) is 0 Å². The van der Waals surface area contributed by atoms with E-state index in [1.165, 1.54) is 4.90 Å². The van der Waals surface area contributed by atoms with Crippen molar-refractivity contribution < 1.29 is 19.1 Å². The quantitative estimate of drug-likeness (QED) is 0.313. The van der Waals surface area contributed by atoms with Crippen LogP contribution >= 0.6 is 0 Å². The van der Waals surface area contributed by atoms with Gasteiger partial charge in [0.1, 0.15) is 17.7 Å². The molecule has 196 valence electrons. The molecule has 7 nitrogen and oxygen atoms in total. The van der Waals surface area contributed by atoms with Gasteiger partial charge in [-0.05, 0) is 58.1 Å². The topological polar surface area (TPSA) is 87.7 Å². The summed E-state index contributed by atoms with van der Waals surface area (Å²) in [5.74, 6) is -0.834. The molecular weight excluding hydrogens is 442 g/mol. The lowest BCUT2D eigenvalue weighted by atomic mass is 9.95. The number of nitrogens with zero attached hydrogens (tertiary/aromatic N) is 1. The van der Waals surface area contributed by atoms with Gasteiger partial charge in [-0.3, -0.25) is 9.59 Å². The molecule has 2 atom stereocenters. The Morgan fingerprint density at radius 3 is 2.34 bits per heavy atom. The van der Waals surface area contributed by atoms with E-state index in [4.69, 9.17) is 4.74 Å². The fourth-order valence-electron chi connectivity index (χ4n) is 3.78. The van der Waals surface area contributed by atoms with Gasteiger partial charge in [0.15, 0.2) is 0 Å². The van der Waals surface area contributed by atoms with Crippen LogP contribution in [-0.2, 0) is 14.3 Å². The number of unbranched alkanes of at least 4 members (excludes halogenated alkanes) is 2. The number of aryl methyl sites for hydroxylation is 2. The number of ether oxygens (including phenoxy) is 1. The Balaban J connectivity index is 3.42. The van der Waals surface area contributed by atoms with Gasteiger partial charge in [0, 0.05) is 13.1 Å². The molecule has 1 aromatic carbocycles. The molecule has 0 aromatic heterocycles. The van der Waals surface area contributed by atoms with Gasteiger partial charge in [-0.2, -0.15) is 0 Å². The molecule has 2 N–H and O–H groups in total. The van der Waals surface area contributed by atoms with E-state index < -0.39 is 23.8 Å². The van der Waals surface area contributed by atoms with E-state index in [2.05, 4.69) is 24.1 Å². The second-order valence-electron chi connectivity index (χ2n) is 10.4. The summed E-state index contributed by atoms with van der Waals surface area (Å²) in [6.45, 7) is 19.5. The average molecular weight is 488 g/mol. The third kappa shape index (κ3) is 9.74. The first-order chi connectivity index (χ1) is 16.3. The fraction of sp³-hybridized carbons (Fsp3) is 0.607. The summed E-state index contributed by atoms with van der Waals surface area (Å²) >= 11 is 0. The molecule has 0 saturated carbocycles. The lowest BCUT2D eigenvalue weighted by molar-refractivity contribution is -0.142. The molecule has 0 spiro atoms. The van der Waals surface area contributed by atoms with Gasteiger partial charge >= 0.3 is 6.09 Å². The molecule has 3 amide bonds. The molecule has 0 radical (unpaired) electrons. The molecule has 1 aromatic rings. The Morgan fingerprint density at radius 1 is 1.14 bits per heavy atom. The van der Waals surface area contributed by atoms with Crippen molar-refractivity contribution in [1.29, 1.82) is 0 Å². The van der Waals surface area contributed by atoms with E-state index in [1.54, 1.807) is 26.8 Å². The number of nitrogens with one attached hydrogen (secondary N) is 2. The van der Waals surface area contributed by atoms with Crippen molar-refractivity contribution in [2.45, 2.75) is 92.3 Å². The van der Waals surface area contributed by atoms with Crippen LogP contribution in [0, 0.1) is 19.8 Å². The van der Waals surface area contributed by atoms with Crippen LogP contribution in [0.2, 0.25) is 0 Å². The second-order valence-corrected chi connectivity index (χ2v) is 10.4. The smallest absolute Gasteiger partial charge is 0.408 e. The standard InChI is InChI=1S/C28H45N3O4/c1-10-12-13-16-29-25(32)24(22-18-20(5)14-15-21(22)6)31(17-11-2)26(33)23(19(3)4)30-27(34)35-28(7,8)9/h11,14-15,18-19,23-24H,2,10,12-13,16-17H2,1,3-9H3,(H,29,32)(H,30,34). The highest BCUT2D eigenvalue weighted by molar-refractivity contribution is 5.92. The van der Waals surface area contributed by atoms with E-state index in [0.717, 1.165) is 36.0 Å². The van der Waals surface area contributed by atoms with Gasteiger partial charge in [0.2, 0.25) is 11.8 Å². The Hall–Kier alpha value is -2.83. The van der Waals surface area contributed by atoms with Crippen molar-refractivity contribution in [3.63, 3.8) is 0 Å². The Labute approximate surface area is 211 Å². The number of rotatable bonds is 12. The van der Waals surface area contributed by atoms with E-state index in [0.29, 0.717) is 6.54 Å². The van der Waals surface area contributed by atoms with Gasteiger partial charge in [0.05, 0.1) is 0 Å². The zero-order valence-electron chi connectivity index (χ0n) is 22.9. The minimum Gasteiger partial charge on any atom is -0.444 e. The molecular formula is C28H45N3O4. The monoisotopic (exact) mass is 487 g/mol. The van der Waals surface area contributed by atoms with Crippen molar-refractivity contribution in [1.82, 2.24) is 15.5 Å². The molecule has 2 unspecified atom stereocenters. The van der Waals surface area contributed by atoms with Crippen molar-refractivity contribution in [2.75, 3.05) is 13.1 Å². The summed E-state index contributed by atoms with van der Waals surface area (Å²) in [6, 6.07) is 4.16. The largest absolute Gasteiger partial charge is 0.444 e. The minimum absolute atomic E-state index is 0.151. The number of alkyl carbamates (subject to hydrolysis) is 1. The minimum atomic E-state index is -0.870. The van der Waals surface area contributed by atoms with Gasteiger partial charge < -0.3 is 20.3 Å². The zero-order valence-corrected chi connectivity index (χ0v) is 22.9. The number of carbonyl (C=O) groups excluding carboxylic acids is 3. The van der Waals surface area contributed by atoms with Crippen LogP contribution in [0.5, 0.6) is 0 Å². The van der Waals surface area contributed by atoms with Gasteiger partial charge in [0.25, 0.3) is 0 Å². The highest BCUT2D eigenvalue weighted by Gasteiger charge is 2.37. The van der Waals surface area contributed by atoms with Crippen LogP contribution in [0.1, 0.15) is 83.5 Å². The fourth-order valence-corrected chi connectivity index (χ4v) is 3.78. The second kappa shape index (κ2) is 13.9. The Kier molecular flexibility index (Phi) is 12.0. The normalized spacial score (nSPS) is 13.1. The molecule has 35 heavy (non-hydrogen) atoms. The number of hydrogen-bond donors (Lipinski definition) is 2. The van der Waals surface area contributed by atoms with Gasteiger partial charge in [-0.1, -0.05) is 63.5 Å². The first-order valence-corrected chi connectivity index (χ1v) is 12.6. The third-order valence-electron chi connectivity index (χ3n) is 5.58. The Morgan fingerprint density at radius 2 is 1.80 bits per heavy atom. The first-order valence-electron chi connectivity index (χ1n) is 12.6. The van der Waals surface area contributed by atoms with Crippen LogP contribution in [0.3, 0.4) is 0 Å². The molecule has 7 heteroatoms. The molecule has 0 heterocycles.